The van der Waals surface area contributed by atoms with Crippen molar-refractivity contribution in [2.24, 2.45) is 5.73 Å². The number of amides is 1. The molecule has 56 valence electrons. The molecule has 0 radical (unpaired) electrons. The normalized spacial score (nSPS) is 35.7. The monoisotopic (exact) mass is 140 g/mol. The zero-order valence-corrected chi connectivity index (χ0v) is 5.89. The molecule has 0 bridgehead atoms. The van der Waals surface area contributed by atoms with Crippen molar-refractivity contribution < 1.29 is 4.79 Å². The first kappa shape index (κ1) is 6.16. The Morgan fingerprint density at radius 2 is 2.30 bits per heavy atom. The fourth-order valence-corrected chi connectivity index (χ4v) is 1.87. The van der Waals surface area contributed by atoms with Crippen molar-refractivity contribution in [3.05, 3.63) is 0 Å². The lowest BCUT2D eigenvalue weighted by atomic mass is 9.73. The van der Waals surface area contributed by atoms with Gasteiger partial charge in [0.1, 0.15) is 0 Å². The second kappa shape index (κ2) is 1.72. The summed E-state index contributed by atoms with van der Waals surface area (Å²) in [6.45, 7) is 0. The predicted octanol–water partition coefficient (Wildman–Crippen LogP) is -0.244. The number of carbonyl (C=O) groups is 1. The van der Waals surface area contributed by atoms with E-state index in [0.717, 1.165) is 12.8 Å². The third-order valence-corrected chi connectivity index (χ3v) is 2.75. The highest BCUT2D eigenvalue weighted by atomic mass is 16.2. The van der Waals surface area contributed by atoms with Gasteiger partial charge in [0.15, 0.2) is 0 Å². The molecule has 1 spiro atoms. The van der Waals surface area contributed by atoms with Crippen molar-refractivity contribution in [1.82, 2.24) is 5.32 Å². The summed E-state index contributed by atoms with van der Waals surface area (Å²) in [5.41, 5.74) is 5.81. The first-order valence-corrected chi connectivity index (χ1v) is 3.80. The minimum Gasteiger partial charge on any atom is -0.349 e. The molecule has 1 aliphatic heterocycles. The number of carbonyl (C=O) groups excluding carboxylic acids is 1. The molecule has 1 saturated heterocycles. The number of nitrogens with two attached hydrogens (primary N) is 1. The number of hydrogen-bond acceptors (Lipinski definition) is 2. The van der Waals surface area contributed by atoms with Crippen LogP contribution in [0.5, 0.6) is 0 Å². The van der Waals surface area contributed by atoms with Crippen LogP contribution in [0.3, 0.4) is 0 Å². The molecule has 3 heteroatoms. The fraction of sp³-hybridized carbons (Fsp3) is 0.857. The Labute approximate surface area is 60.0 Å². The lowest BCUT2D eigenvalue weighted by molar-refractivity contribution is -0.120. The van der Waals surface area contributed by atoms with Gasteiger partial charge in [-0.2, -0.15) is 0 Å². The van der Waals surface area contributed by atoms with Crippen molar-refractivity contribution in [1.29, 1.82) is 0 Å². The summed E-state index contributed by atoms with van der Waals surface area (Å²) < 4.78 is 0. The SMILES string of the molecule is N[C@@H]1CC(=O)NC12CCC2. The summed E-state index contributed by atoms with van der Waals surface area (Å²) in [5, 5.41) is 2.95. The van der Waals surface area contributed by atoms with E-state index in [1.165, 1.54) is 6.42 Å². The van der Waals surface area contributed by atoms with Gasteiger partial charge in [-0.25, -0.2) is 0 Å². The van der Waals surface area contributed by atoms with Crippen molar-refractivity contribution in [2.45, 2.75) is 37.3 Å². The van der Waals surface area contributed by atoms with E-state index in [1.54, 1.807) is 0 Å². The van der Waals surface area contributed by atoms with Crippen LogP contribution in [0.25, 0.3) is 0 Å². The van der Waals surface area contributed by atoms with Crippen LogP contribution in [0.15, 0.2) is 0 Å². The highest BCUT2D eigenvalue weighted by molar-refractivity contribution is 5.81. The average molecular weight is 140 g/mol. The van der Waals surface area contributed by atoms with Crippen LogP contribution in [-0.2, 0) is 4.79 Å². The van der Waals surface area contributed by atoms with Crippen LogP contribution in [0.1, 0.15) is 25.7 Å². The Balaban J connectivity index is 2.15. The molecule has 2 fully saturated rings. The number of rotatable bonds is 0. The van der Waals surface area contributed by atoms with E-state index < -0.39 is 0 Å². The predicted molar refractivity (Wildman–Crippen MR) is 37.3 cm³/mol. The molecule has 3 nitrogen and oxygen atoms in total. The van der Waals surface area contributed by atoms with Crippen LogP contribution in [0, 0.1) is 0 Å². The molecule has 2 aliphatic rings. The molecule has 0 aromatic heterocycles. The summed E-state index contributed by atoms with van der Waals surface area (Å²) in [7, 11) is 0. The number of nitrogens with one attached hydrogen (secondary N) is 1. The van der Waals surface area contributed by atoms with E-state index >= 15 is 0 Å². The molecule has 1 heterocycles. The molecular formula is C7H12N2O. The van der Waals surface area contributed by atoms with Crippen LogP contribution in [0.2, 0.25) is 0 Å². The molecule has 0 aromatic rings. The molecule has 0 aromatic carbocycles. The van der Waals surface area contributed by atoms with Gasteiger partial charge in [0.05, 0.1) is 5.54 Å². The zero-order valence-electron chi connectivity index (χ0n) is 5.89. The van der Waals surface area contributed by atoms with Crippen LogP contribution in [0.4, 0.5) is 0 Å². The van der Waals surface area contributed by atoms with E-state index in [1.807, 2.05) is 0 Å². The van der Waals surface area contributed by atoms with E-state index in [9.17, 15) is 4.79 Å². The van der Waals surface area contributed by atoms with Gasteiger partial charge in [0.25, 0.3) is 0 Å². The molecule has 1 amide bonds. The van der Waals surface area contributed by atoms with Gasteiger partial charge < -0.3 is 11.1 Å². The summed E-state index contributed by atoms with van der Waals surface area (Å²) in [6.07, 6.45) is 3.91. The molecule has 3 N–H and O–H groups in total. The molecule has 1 atom stereocenters. The Bertz CT molecular complexity index is 174. The topological polar surface area (TPSA) is 55.1 Å². The minimum atomic E-state index is 0.0249. The Morgan fingerprint density at radius 1 is 1.60 bits per heavy atom. The molecule has 2 rings (SSSR count). The second-order valence-electron chi connectivity index (χ2n) is 3.37. The maximum atomic E-state index is 10.9. The van der Waals surface area contributed by atoms with Crippen LogP contribution >= 0.6 is 0 Å². The van der Waals surface area contributed by atoms with Crippen molar-refractivity contribution in [3.8, 4) is 0 Å². The minimum absolute atomic E-state index is 0.0249. The smallest absolute Gasteiger partial charge is 0.222 e. The van der Waals surface area contributed by atoms with Crippen LogP contribution < -0.4 is 11.1 Å². The second-order valence-corrected chi connectivity index (χ2v) is 3.37. The summed E-state index contributed by atoms with van der Waals surface area (Å²) in [4.78, 5) is 10.9. The van der Waals surface area contributed by atoms with Gasteiger partial charge in [0.2, 0.25) is 5.91 Å². The first-order valence-electron chi connectivity index (χ1n) is 3.80. The molecular weight excluding hydrogens is 128 g/mol. The third-order valence-electron chi connectivity index (χ3n) is 2.75. The first-order chi connectivity index (χ1) is 4.73. The maximum absolute atomic E-state index is 10.9. The quantitative estimate of drug-likeness (QED) is 0.487. The van der Waals surface area contributed by atoms with Crippen molar-refractivity contribution in [2.75, 3.05) is 0 Å². The third kappa shape index (κ3) is 0.611. The van der Waals surface area contributed by atoms with Gasteiger partial charge in [-0.15, -0.1) is 0 Å². The van der Waals surface area contributed by atoms with E-state index in [4.69, 9.17) is 5.73 Å². The average Bonchev–Trinajstić information content (AvgIpc) is 2.04. The lowest BCUT2D eigenvalue weighted by Gasteiger charge is -2.41. The lowest BCUT2D eigenvalue weighted by Crippen LogP contribution is -2.56. The highest BCUT2D eigenvalue weighted by Gasteiger charge is 2.48. The van der Waals surface area contributed by atoms with Crippen molar-refractivity contribution >= 4 is 5.91 Å². The number of hydrogen-bond donors (Lipinski definition) is 2. The summed E-state index contributed by atoms with van der Waals surface area (Å²) >= 11 is 0. The van der Waals surface area contributed by atoms with Crippen molar-refractivity contribution in [3.63, 3.8) is 0 Å². The van der Waals surface area contributed by atoms with Gasteiger partial charge in [-0.05, 0) is 19.3 Å². The molecule has 0 unspecified atom stereocenters. The van der Waals surface area contributed by atoms with Crippen LogP contribution in [-0.4, -0.2) is 17.5 Å². The maximum Gasteiger partial charge on any atom is 0.222 e. The summed E-state index contributed by atoms with van der Waals surface area (Å²) in [5.74, 6) is 0.132. The Kier molecular flexibility index (Phi) is 1.06. The largest absolute Gasteiger partial charge is 0.349 e. The Hall–Kier alpha value is -0.570. The summed E-state index contributed by atoms with van der Waals surface area (Å²) in [6, 6.07) is 0.0775. The van der Waals surface area contributed by atoms with Gasteiger partial charge >= 0.3 is 0 Å². The Morgan fingerprint density at radius 3 is 2.50 bits per heavy atom. The highest BCUT2D eigenvalue weighted by Crippen LogP contribution is 2.38. The van der Waals surface area contributed by atoms with Gasteiger partial charge in [-0.3, -0.25) is 4.79 Å². The molecule has 1 saturated carbocycles. The standard InChI is InChI=1S/C7H12N2O/c8-5-4-6(10)9-7(5)2-1-3-7/h5H,1-4,8H2,(H,9,10)/t5-/m1/s1. The molecule has 1 aliphatic carbocycles. The van der Waals surface area contributed by atoms with E-state index in [2.05, 4.69) is 5.32 Å². The zero-order chi connectivity index (χ0) is 7.19. The van der Waals surface area contributed by atoms with Gasteiger partial charge in [0, 0.05) is 12.5 Å². The van der Waals surface area contributed by atoms with E-state index in [-0.39, 0.29) is 17.5 Å². The van der Waals surface area contributed by atoms with E-state index in [0.29, 0.717) is 6.42 Å². The fourth-order valence-electron chi connectivity index (χ4n) is 1.87. The molecule has 10 heavy (non-hydrogen) atoms. The van der Waals surface area contributed by atoms with Gasteiger partial charge in [-0.1, -0.05) is 0 Å².